The second-order valence-electron chi connectivity index (χ2n) is 8.69. The van der Waals surface area contributed by atoms with Crippen LogP contribution in [0.2, 0.25) is 0 Å². The molecule has 31 heavy (non-hydrogen) atoms. The molecular weight excluding hydrogens is 396 g/mol. The molecule has 2 aromatic rings. The summed E-state index contributed by atoms with van der Waals surface area (Å²) in [6.07, 6.45) is 0.596. The lowest BCUT2D eigenvalue weighted by molar-refractivity contribution is -0.158. The van der Waals surface area contributed by atoms with Crippen LogP contribution in [0.25, 0.3) is 0 Å². The number of epoxide rings is 2. The van der Waals surface area contributed by atoms with Crippen molar-refractivity contribution in [3.8, 4) is 11.5 Å². The first-order valence-electron chi connectivity index (χ1n) is 10.8. The third-order valence-corrected chi connectivity index (χ3v) is 5.70. The Morgan fingerprint density at radius 2 is 1.32 bits per heavy atom. The molecule has 2 saturated heterocycles. The molecule has 2 unspecified atom stereocenters. The van der Waals surface area contributed by atoms with Gasteiger partial charge in [0.15, 0.2) is 6.10 Å². The minimum atomic E-state index is -0.557. The smallest absolute Gasteiger partial charge is 0.312 e. The van der Waals surface area contributed by atoms with E-state index in [9.17, 15) is 4.79 Å². The van der Waals surface area contributed by atoms with Gasteiger partial charge in [0.05, 0.1) is 18.6 Å². The van der Waals surface area contributed by atoms with Gasteiger partial charge in [0.2, 0.25) is 0 Å². The molecule has 2 aliphatic heterocycles. The van der Waals surface area contributed by atoms with Gasteiger partial charge in [-0.3, -0.25) is 4.79 Å². The van der Waals surface area contributed by atoms with Crippen molar-refractivity contribution < 1.29 is 28.5 Å². The maximum absolute atomic E-state index is 12.9. The van der Waals surface area contributed by atoms with E-state index in [4.69, 9.17) is 23.7 Å². The van der Waals surface area contributed by atoms with Crippen LogP contribution >= 0.6 is 0 Å². The Hall–Kier alpha value is -2.57. The minimum Gasteiger partial charge on any atom is -0.491 e. The van der Waals surface area contributed by atoms with E-state index in [0.29, 0.717) is 19.6 Å². The molecule has 2 aromatic carbocycles. The third kappa shape index (κ3) is 5.99. The fraction of sp³-hybridized carbons (Fsp3) is 0.480. The van der Waals surface area contributed by atoms with Crippen molar-refractivity contribution in [1.82, 2.24) is 0 Å². The molecule has 0 spiro atoms. The number of rotatable bonds is 11. The monoisotopic (exact) mass is 426 g/mol. The molecule has 6 nitrogen and oxygen atoms in total. The summed E-state index contributed by atoms with van der Waals surface area (Å²) >= 11 is 0. The van der Waals surface area contributed by atoms with Crippen molar-refractivity contribution in [3.63, 3.8) is 0 Å². The van der Waals surface area contributed by atoms with Crippen LogP contribution in [0.5, 0.6) is 11.5 Å². The Labute approximate surface area is 183 Å². The highest BCUT2D eigenvalue weighted by Gasteiger charge is 2.31. The van der Waals surface area contributed by atoms with Crippen LogP contribution in [0.3, 0.4) is 0 Å². The number of carbonyl (C=O) groups is 1. The van der Waals surface area contributed by atoms with Gasteiger partial charge >= 0.3 is 5.97 Å². The topological polar surface area (TPSA) is 69.8 Å². The van der Waals surface area contributed by atoms with Crippen molar-refractivity contribution in [2.45, 2.75) is 45.5 Å². The summed E-state index contributed by atoms with van der Waals surface area (Å²) in [5.74, 6) is 1.31. The SMILES string of the molecule is CCC(C)(C)C(=O)OC(c1ccc(OCC2CO2)cc1)c1ccc(OCC2CO2)cc1. The average Bonchev–Trinajstić information content (AvgIpc) is 3.70. The second-order valence-corrected chi connectivity index (χ2v) is 8.69. The molecule has 6 heteroatoms. The molecule has 2 heterocycles. The Kier molecular flexibility index (Phi) is 6.49. The molecule has 0 saturated carbocycles. The minimum absolute atomic E-state index is 0.205. The first-order valence-corrected chi connectivity index (χ1v) is 10.8. The summed E-state index contributed by atoms with van der Waals surface area (Å²) in [7, 11) is 0. The predicted octanol–water partition coefficient (Wildman–Crippen LogP) is 4.31. The summed E-state index contributed by atoms with van der Waals surface area (Å²) < 4.78 is 27.8. The molecule has 166 valence electrons. The quantitative estimate of drug-likeness (QED) is 0.394. The zero-order valence-electron chi connectivity index (χ0n) is 18.3. The molecule has 4 rings (SSSR count). The zero-order chi connectivity index (χ0) is 21.8. The van der Waals surface area contributed by atoms with E-state index in [-0.39, 0.29) is 18.2 Å². The molecule has 0 aliphatic carbocycles. The van der Waals surface area contributed by atoms with Gasteiger partial charge in [-0.2, -0.15) is 0 Å². The Bertz CT molecular complexity index is 806. The molecule has 0 N–H and O–H groups in total. The second kappa shape index (κ2) is 9.28. The van der Waals surface area contributed by atoms with Gasteiger partial charge in [-0.25, -0.2) is 0 Å². The molecular formula is C25H30O6. The van der Waals surface area contributed by atoms with Crippen molar-refractivity contribution in [2.75, 3.05) is 26.4 Å². The van der Waals surface area contributed by atoms with Gasteiger partial charge in [-0.15, -0.1) is 0 Å². The van der Waals surface area contributed by atoms with Crippen LogP contribution in [-0.4, -0.2) is 44.6 Å². The number of hydrogen-bond acceptors (Lipinski definition) is 6. The van der Waals surface area contributed by atoms with Gasteiger partial charge in [0, 0.05) is 0 Å². The molecule has 0 bridgehead atoms. The summed E-state index contributed by atoms with van der Waals surface area (Å²) in [4.78, 5) is 12.9. The van der Waals surface area contributed by atoms with E-state index in [1.807, 2.05) is 69.3 Å². The lowest BCUT2D eigenvalue weighted by Crippen LogP contribution is -2.27. The van der Waals surface area contributed by atoms with E-state index in [2.05, 4.69) is 0 Å². The maximum atomic E-state index is 12.9. The summed E-state index contributed by atoms with van der Waals surface area (Å²) in [6, 6.07) is 15.4. The average molecular weight is 427 g/mol. The van der Waals surface area contributed by atoms with Crippen molar-refractivity contribution in [2.24, 2.45) is 5.41 Å². The maximum Gasteiger partial charge on any atom is 0.312 e. The number of hydrogen-bond donors (Lipinski definition) is 0. The molecule has 0 radical (unpaired) electrons. The van der Waals surface area contributed by atoms with Crippen molar-refractivity contribution in [3.05, 3.63) is 59.7 Å². The first-order chi connectivity index (χ1) is 14.9. The third-order valence-electron chi connectivity index (χ3n) is 5.70. The van der Waals surface area contributed by atoms with Gasteiger partial charge in [-0.1, -0.05) is 31.2 Å². The number of benzene rings is 2. The Morgan fingerprint density at radius 3 is 1.68 bits per heavy atom. The highest BCUT2D eigenvalue weighted by Crippen LogP contribution is 2.33. The van der Waals surface area contributed by atoms with E-state index in [1.54, 1.807) is 0 Å². The van der Waals surface area contributed by atoms with E-state index in [1.165, 1.54) is 0 Å². The summed E-state index contributed by atoms with van der Waals surface area (Å²) in [5.41, 5.74) is 1.21. The van der Waals surface area contributed by atoms with Gasteiger partial charge in [0.25, 0.3) is 0 Å². The van der Waals surface area contributed by atoms with Gasteiger partial charge in [-0.05, 0) is 55.7 Å². The van der Waals surface area contributed by atoms with Gasteiger partial charge in [0.1, 0.15) is 36.9 Å². The van der Waals surface area contributed by atoms with Crippen LogP contribution in [0.15, 0.2) is 48.5 Å². The molecule has 0 aromatic heterocycles. The highest BCUT2D eigenvalue weighted by atomic mass is 16.6. The number of esters is 1. The largest absolute Gasteiger partial charge is 0.491 e. The standard InChI is InChI=1S/C25H30O6/c1-4-25(2,3)24(26)31-23(17-5-9-19(10-6-17)27-13-21-15-29-21)18-7-11-20(12-8-18)28-14-22-16-30-22/h5-12,21-23H,4,13-16H2,1-3H3. The van der Waals surface area contributed by atoms with Crippen LogP contribution in [0.4, 0.5) is 0 Å². The normalized spacial score (nSPS) is 20.6. The number of ether oxygens (including phenoxy) is 5. The van der Waals surface area contributed by atoms with Crippen molar-refractivity contribution >= 4 is 5.97 Å². The Balaban J connectivity index is 1.50. The van der Waals surface area contributed by atoms with Crippen LogP contribution in [0.1, 0.15) is 44.4 Å². The van der Waals surface area contributed by atoms with E-state index < -0.39 is 11.5 Å². The van der Waals surface area contributed by atoms with Crippen molar-refractivity contribution in [1.29, 1.82) is 0 Å². The van der Waals surface area contributed by atoms with E-state index >= 15 is 0 Å². The van der Waals surface area contributed by atoms with Crippen LogP contribution < -0.4 is 9.47 Å². The van der Waals surface area contributed by atoms with Gasteiger partial charge < -0.3 is 23.7 Å². The lowest BCUT2D eigenvalue weighted by atomic mass is 9.90. The highest BCUT2D eigenvalue weighted by molar-refractivity contribution is 5.76. The van der Waals surface area contributed by atoms with Crippen LogP contribution in [0, 0.1) is 5.41 Å². The number of carbonyl (C=O) groups excluding carboxylic acids is 1. The molecule has 2 fully saturated rings. The first kappa shape index (κ1) is 21.7. The lowest BCUT2D eigenvalue weighted by Gasteiger charge is -2.26. The summed E-state index contributed by atoms with van der Waals surface area (Å²) in [6.45, 7) is 8.42. The Morgan fingerprint density at radius 1 is 0.903 bits per heavy atom. The van der Waals surface area contributed by atoms with Crippen LogP contribution in [-0.2, 0) is 19.0 Å². The molecule has 0 amide bonds. The van der Waals surface area contributed by atoms with E-state index in [0.717, 1.165) is 35.8 Å². The molecule has 2 atom stereocenters. The fourth-order valence-electron chi connectivity index (χ4n) is 2.92. The predicted molar refractivity (Wildman–Crippen MR) is 115 cm³/mol. The zero-order valence-corrected chi connectivity index (χ0v) is 18.3. The molecule has 2 aliphatic rings. The fourth-order valence-corrected chi connectivity index (χ4v) is 2.92. The summed E-state index contributed by atoms with van der Waals surface area (Å²) in [5, 5.41) is 0.